The van der Waals surface area contributed by atoms with Gasteiger partial charge >= 0.3 is 0 Å². The molecular formula is C8H13N5OS. The summed E-state index contributed by atoms with van der Waals surface area (Å²) in [6.45, 7) is 2.15. The molecule has 1 rings (SSSR count). The summed E-state index contributed by atoms with van der Waals surface area (Å²) in [6.07, 6.45) is 0.0786. The summed E-state index contributed by atoms with van der Waals surface area (Å²) in [4.78, 5) is 17.2. The largest absolute Gasteiger partial charge is 0.393 e. The van der Waals surface area contributed by atoms with Crippen LogP contribution < -0.4 is 5.73 Å². The molecule has 15 heavy (non-hydrogen) atoms. The Bertz CT molecular complexity index is 375. The van der Waals surface area contributed by atoms with Crippen LogP contribution in [0.1, 0.15) is 18.1 Å². The van der Waals surface area contributed by atoms with Crippen molar-refractivity contribution in [2.24, 2.45) is 5.73 Å². The molecule has 0 saturated heterocycles. The zero-order valence-corrected chi connectivity index (χ0v) is 9.47. The highest BCUT2D eigenvalue weighted by Crippen LogP contribution is 1.99. The Morgan fingerprint density at radius 1 is 1.67 bits per heavy atom. The van der Waals surface area contributed by atoms with E-state index in [1.165, 1.54) is 4.90 Å². The monoisotopic (exact) mass is 227 g/mol. The van der Waals surface area contributed by atoms with Crippen LogP contribution in [0, 0.1) is 6.92 Å². The lowest BCUT2D eigenvalue weighted by Crippen LogP contribution is -2.30. The van der Waals surface area contributed by atoms with Crippen molar-refractivity contribution in [1.82, 2.24) is 20.1 Å². The Hall–Kier alpha value is -1.50. The quantitative estimate of drug-likeness (QED) is 0.692. The average Bonchev–Trinajstić information content (AvgIpc) is 2.50. The molecule has 0 bridgehead atoms. The molecule has 0 aliphatic rings. The van der Waals surface area contributed by atoms with Crippen LogP contribution in [0.3, 0.4) is 0 Å². The van der Waals surface area contributed by atoms with Crippen molar-refractivity contribution >= 4 is 23.1 Å². The number of aryl methyl sites for hydroxylation is 1. The molecule has 0 saturated carbocycles. The summed E-state index contributed by atoms with van der Waals surface area (Å²) < 4.78 is 0. The van der Waals surface area contributed by atoms with E-state index in [2.05, 4.69) is 27.4 Å². The predicted octanol–water partition coefficient (Wildman–Crippen LogP) is -0.252. The van der Waals surface area contributed by atoms with Crippen LogP contribution in [0.15, 0.2) is 0 Å². The van der Waals surface area contributed by atoms with Crippen LogP contribution in [-0.2, 0) is 11.3 Å². The van der Waals surface area contributed by atoms with Gasteiger partial charge in [0.25, 0.3) is 0 Å². The van der Waals surface area contributed by atoms with E-state index in [1.54, 1.807) is 14.0 Å². The van der Waals surface area contributed by atoms with Crippen LogP contribution in [-0.4, -0.2) is 38.0 Å². The highest BCUT2D eigenvalue weighted by atomic mass is 32.1. The Kier molecular flexibility index (Phi) is 3.73. The van der Waals surface area contributed by atoms with Crippen LogP contribution in [0.2, 0.25) is 0 Å². The third-order valence-electron chi connectivity index (χ3n) is 1.77. The molecule has 0 aliphatic heterocycles. The van der Waals surface area contributed by atoms with Crippen molar-refractivity contribution in [3.8, 4) is 0 Å². The topological polar surface area (TPSA) is 87.9 Å². The first-order valence-corrected chi connectivity index (χ1v) is 4.80. The SMILES string of the molecule is Cc1nc(CN(C)C(=O)CC(N)=S)n[nH]1. The van der Waals surface area contributed by atoms with E-state index >= 15 is 0 Å². The molecule has 0 atom stereocenters. The van der Waals surface area contributed by atoms with Crippen molar-refractivity contribution in [3.05, 3.63) is 11.6 Å². The zero-order chi connectivity index (χ0) is 11.4. The second-order valence-corrected chi connectivity index (χ2v) is 3.75. The number of amides is 1. The number of carbonyl (C=O) groups is 1. The summed E-state index contributed by atoms with van der Waals surface area (Å²) in [7, 11) is 1.66. The molecule has 82 valence electrons. The number of aromatic nitrogens is 3. The van der Waals surface area contributed by atoms with Crippen molar-refractivity contribution in [2.45, 2.75) is 19.9 Å². The molecule has 1 aromatic rings. The Morgan fingerprint density at radius 3 is 2.80 bits per heavy atom. The van der Waals surface area contributed by atoms with E-state index in [4.69, 9.17) is 5.73 Å². The van der Waals surface area contributed by atoms with E-state index in [0.717, 1.165) is 5.82 Å². The lowest BCUT2D eigenvalue weighted by Gasteiger charge is -2.14. The summed E-state index contributed by atoms with van der Waals surface area (Å²) >= 11 is 4.65. The summed E-state index contributed by atoms with van der Waals surface area (Å²) in [5, 5.41) is 6.63. The first-order valence-electron chi connectivity index (χ1n) is 4.39. The lowest BCUT2D eigenvalue weighted by molar-refractivity contribution is -0.129. The molecule has 0 spiro atoms. The van der Waals surface area contributed by atoms with Crippen molar-refractivity contribution in [3.63, 3.8) is 0 Å². The predicted molar refractivity (Wildman–Crippen MR) is 59.0 cm³/mol. The van der Waals surface area contributed by atoms with E-state index in [-0.39, 0.29) is 17.3 Å². The summed E-state index contributed by atoms with van der Waals surface area (Å²) in [5.74, 6) is 1.16. The molecule has 0 fully saturated rings. The molecule has 1 aromatic heterocycles. The summed E-state index contributed by atoms with van der Waals surface area (Å²) in [5.41, 5.74) is 5.28. The third-order valence-corrected chi connectivity index (χ3v) is 1.92. The van der Waals surface area contributed by atoms with E-state index in [0.29, 0.717) is 12.4 Å². The zero-order valence-electron chi connectivity index (χ0n) is 8.65. The highest BCUT2D eigenvalue weighted by Gasteiger charge is 2.12. The minimum absolute atomic E-state index is 0.0786. The maximum Gasteiger partial charge on any atom is 0.229 e. The minimum Gasteiger partial charge on any atom is -0.393 e. The molecule has 3 N–H and O–H groups in total. The smallest absolute Gasteiger partial charge is 0.229 e. The minimum atomic E-state index is -0.134. The third kappa shape index (κ3) is 3.62. The average molecular weight is 227 g/mol. The lowest BCUT2D eigenvalue weighted by atomic mass is 10.3. The van der Waals surface area contributed by atoms with Crippen molar-refractivity contribution < 1.29 is 4.79 Å². The molecule has 0 radical (unpaired) electrons. The first kappa shape index (κ1) is 11.6. The summed E-state index contributed by atoms with van der Waals surface area (Å²) in [6, 6.07) is 0. The standard InChI is InChI=1S/C8H13N5OS/c1-5-10-7(12-11-5)4-13(2)8(14)3-6(9)15/h3-4H2,1-2H3,(H2,9,15)(H,10,11,12). The Labute approximate surface area is 92.9 Å². The van der Waals surface area contributed by atoms with E-state index < -0.39 is 0 Å². The van der Waals surface area contributed by atoms with Gasteiger partial charge in [0.1, 0.15) is 5.82 Å². The van der Waals surface area contributed by atoms with Crippen LogP contribution in [0.25, 0.3) is 0 Å². The number of aromatic amines is 1. The van der Waals surface area contributed by atoms with Gasteiger partial charge in [0.2, 0.25) is 5.91 Å². The number of rotatable bonds is 4. The van der Waals surface area contributed by atoms with Gasteiger partial charge in [0.05, 0.1) is 18.0 Å². The van der Waals surface area contributed by atoms with Gasteiger partial charge in [-0.25, -0.2) is 4.98 Å². The van der Waals surface area contributed by atoms with Gasteiger partial charge in [0, 0.05) is 7.05 Å². The van der Waals surface area contributed by atoms with Crippen LogP contribution in [0.5, 0.6) is 0 Å². The second kappa shape index (κ2) is 4.83. The van der Waals surface area contributed by atoms with Gasteiger partial charge < -0.3 is 10.6 Å². The molecule has 7 heteroatoms. The van der Waals surface area contributed by atoms with Gasteiger partial charge in [-0.2, -0.15) is 5.10 Å². The van der Waals surface area contributed by atoms with Gasteiger partial charge in [-0.3, -0.25) is 9.89 Å². The fourth-order valence-electron chi connectivity index (χ4n) is 1.04. The number of hydrogen-bond acceptors (Lipinski definition) is 4. The normalized spacial score (nSPS) is 10.0. The second-order valence-electron chi connectivity index (χ2n) is 3.23. The molecule has 1 amide bonds. The first-order chi connectivity index (χ1) is 6.99. The number of nitrogens with two attached hydrogens (primary N) is 1. The fraction of sp³-hybridized carbons (Fsp3) is 0.500. The number of hydrogen-bond donors (Lipinski definition) is 2. The number of H-pyrrole nitrogens is 1. The van der Waals surface area contributed by atoms with Crippen molar-refractivity contribution in [2.75, 3.05) is 7.05 Å². The molecule has 1 heterocycles. The van der Waals surface area contributed by atoms with E-state index in [1.807, 2.05) is 0 Å². The molecule has 6 nitrogen and oxygen atoms in total. The Morgan fingerprint density at radius 2 is 2.33 bits per heavy atom. The Balaban J connectivity index is 2.51. The van der Waals surface area contributed by atoms with E-state index in [9.17, 15) is 4.79 Å². The molecular weight excluding hydrogens is 214 g/mol. The van der Waals surface area contributed by atoms with Crippen LogP contribution >= 0.6 is 12.2 Å². The maximum absolute atomic E-state index is 11.5. The molecule has 0 aliphatic carbocycles. The van der Waals surface area contributed by atoms with Gasteiger partial charge in [0.15, 0.2) is 5.82 Å². The van der Waals surface area contributed by atoms with Crippen LogP contribution in [0.4, 0.5) is 0 Å². The number of thiocarbonyl (C=S) groups is 1. The number of carbonyl (C=O) groups excluding carboxylic acids is 1. The van der Waals surface area contributed by atoms with Gasteiger partial charge in [-0.05, 0) is 6.92 Å². The highest BCUT2D eigenvalue weighted by molar-refractivity contribution is 7.80. The fourth-order valence-corrected chi connectivity index (χ4v) is 1.17. The molecule has 0 unspecified atom stereocenters. The number of nitrogens with zero attached hydrogens (tertiary/aromatic N) is 3. The number of nitrogens with one attached hydrogen (secondary N) is 1. The van der Waals surface area contributed by atoms with Gasteiger partial charge in [-0.1, -0.05) is 12.2 Å². The van der Waals surface area contributed by atoms with Crippen molar-refractivity contribution in [1.29, 1.82) is 0 Å². The maximum atomic E-state index is 11.5. The molecule has 0 aromatic carbocycles. The van der Waals surface area contributed by atoms with Gasteiger partial charge in [-0.15, -0.1) is 0 Å².